The van der Waals surface area contributed by atoms with Gasteiger partial charge in [-0.05, 0) is 49.4 Å². The number of fused-ring (bicyclic) bond motifs is 1. The van der Waals surface area contributed by atoms with Crippen molar-refractivity contribution in [1.29, 1.82) is 0 Å². The summed E-state index contributed by atoms with van der Waals surface area (Å²) in [4.78, 5) is 22.1. The van der Waals surface area contributed by atoms with Gasteiger partial charge in [0.1, 0.15) is 16.0 Å². The van der Waals surface area contributed by atoms with E-state index in [1.807, 2.05) is 30.0 Å². The largest absolute Gasteiger partial charge is 0.494 e. The maximum absolute atomic E-state index is 13.3. The van der Waals surface area contributed by atoms with E-state index in [9.17, 15) is 13.2 Å². The van der Waals surface area contributed by atoms with E-state index in [0.29, 0.717) is 56.4 Å². The van der Waals surface area contributed by atoms with Crippen LogP contribution in [-0.4, -0.2) is 73.9 Å². The predicted octanol–water partition coefficient (Wildman–Crippen LogP) is 3.26. The van der Waals surface area contributed by atoms with Gasteiger partial charge in [-0.25, -0.2) is 13.4 Å². The number of hydrogen-bond acceptors (Lipinski definition) is 8. The van der Waals surface area contributed by atoms with Gasteiger partial charge in [-0.15, -0.1) is 11.3 Å². The van der Waals surface area contributed by atoms with E-state index in [1.165, 1.54) is 15.6 Å². The van der Waals surface area contributed by atoms with Gasteiger partial charge in [0, 0.05) is 32.7 Å². The molecule has 1 aromatic carbocycles. The number of ether oxygens (including phenoxy) is 1. The zero-order chi connectivity index (χ0) is 23.0. The first-order chi connectivity index (χ1) is 16.0. The van der Waals surface area contributed by atoms with Crippen LogP contribution in [-0.2, 0) is 14.8 Å². The smallest absolute Gasteiger partial charge is 0.253 e. The second kappa shape index (κ2) is 9.21. The number of carbonyl (C=O) groups excluding carboxylic acids is 1. The fraction of sp³-hybridized carbons (Fsp3) is 0.455. The summed E-state index contributed by atoms with van der Waals surface area (Å²) in [5, 5.41) is 2.69. The Hall–Kier alpha value is -2.21. The fourth-order valence-electron chi connectivity index (χ4n) is 4.41. The third kappa shape index (κ3) is 4.34. The lowest BCUT2D eigenvalue weighted by atomic mass is 10.2. The lowest BCUT2D eigenvalue weighted by Crippen LogP contribution is -2.54. The third-order valence-corrected chi connectivity index (χ3v) is 10.4. The molecule has 0 radical (unpaired) electrons. The highest BCUT2D eigenvalue weighted by Crippen LogP contribution is 2.33. The SMILES string of the molecule is CCOc1ccc2nc(N3CCN(C(=O)[C@H]4CCCN4S(=O)(=O)c4cccs4)CC3)sc2c1. The Kier molecular flexibility index (Phi) is 6.30. The van der Waals surface area contributed by atoms with Crippen LogP contribution in [0.25, 0.3) is 10.2 Å². The van der Waals surface area contributed by atoms with Crippen molar-refractivity contribution in [2.45, 2.75) is 30.0 Å². The molecule has 176 valence electrons. The molecule has 8 nitrogen and oxygen atoms in total. The molecule has 5 rings (SSSR count). The molecule has 33 heavy (non-hydrogen) atoms. The Balaban J connectivity index is 1.25. The summed E-state index contributed by atoms with van der Waals surface area (Å²) in [6.07, 6.45) is 1.28. The molecule has 0 unspecified atom stereocenters. The normalized spacial score (nSPS) is 20.0. The van der Waals surface area contributed by atoms with Crippen molar-refractivity contribution in [1.82, 2.24) is 14.2 Å². The van der Waals surface area contributed by atoms with E-state index in [4.69, 9.17) is 9.72 Å². The number of piperazine rings is 1. The molecular formula is C22H26N4O4S3. The first kappa shape index (κ1) is 22.6. The van der Waals surface area contributed by atoms with E-state index in [1.54, 1.807) is 28.8 Å². The van der Waals surface area contributed by atoms with Crippen LogP contribution in [0, 0.1) is 0 Å². The molecule has 0 aliphatic carbocycles. The van der Waals surface area contributed by atoms with Crippen molar-refractivity contribution in [3.63, 3.8) is 0 Å². The Bertz CT molecular complexity index is 1230. The van der Waals surface area contributed by atoms with Crippen LogP contribution < -0.4 is 9.64 Å². The van der Waals surface area contributed by atoms with Crippen LogP contribution in [0.3, 0.4) is 0 Å². The number of amides is 1. The van der Waals surface area contributed by atoms with Crippen molar-refractivity contribution in [2.24, 2.45) is 0 Å². The molecule has 0 saturated carbocycles. The van der Waals surface area contributed by atoms with Crippen LogP contribution in [0.2, 0.25) is 0 Å². The highest BCUT2D eigenvalue weighted by molar-refractivity contribution is 7.91. The minimum absolute atomic E-state index is 0.0852. The highest BCUT2D eigenvalue weighted by Gasteiger charge is 2.42. The van der Waals surface area contributed by atoms with Gasteiger partial charge < -0.3 is 14.5 Å². The molecule has 2 aromatic heterocycles. The molecule has 2 fully saturated rings. The second-order valence-corrected chi connectivity index (χ2v) is 12.2. The Morgan fingerprint density at radius 1 is 1.18 bits per heavy atom. The van der Waals surface area contributed by atoms with Gasteiger partial charge in [-0.3, -0.25) is 4.79 Å². The van der Waals surface area contributed by atoms with Gasteiger partial charge in [0.05, 0.1) is 16.8 Å². The van der Waals surface area contributed by atoms with Crippen LogP contribution >= 0.6 is 22.7 Å². The summed E-state index contributed by atoms with van der Waals surface area (Å²) in [6, 6.07) is 8.65. The number of carbonyl (C=O) groups is 1. The molecule has 0 spiro atoms. The highest BCUT2D eigenvalue weighted by atomic mass is 32.2. The molecule has 2 aliphatic rings. The Labute approximate surface area is 201 Å². The van der Waals surface area contributed by atoms with E-state index in [2.05, 4.69) is 4.90 Å². The lowest BCUT2D eigenvalue weighted by Gasteiger charge is -2.37. The zero-order valence-corrected chi connectivity index (χ0v) is 20.8. The van der Waals surface area contributed by atoms with Crippen LogP contribution in [0.5, 0.6) is 5.75 Å². The minimum Gasteiger partial charge on any atom is -0.494 e. The number of aromatic nitrogens is 1. The Morgan fingerprint density at radius 2 is 2.00 bits per heavy atom. The minimum atomic E-state index is -3.63. The number of thiophene rings is 1. The van der Waals surface area contributed by atoms with Crippen LogP contribution in [0.15, 0.2) is 39.9 Å². The number of benzene rings is 1. The predicted molar refractivity (Wildman–Crippen MR) is 131 cm³/mol. The van der Waals surface area contributed by atoms with Crippen molar-refractivity contribution < 1.29 is 17.9 Å². The van der Waals surface area contributed by atoms with Gasteiger partial charge >= 0.3 is 0 Å². The zero-order valence-electron chi connectivity index (χ0n) is 18.3. The maximum atomic E-state index is 13.3. The van der Waals surface area contributed by atoms with Crippen LogP contribution in [0.4, 0.5) is 5.13 Å². The number of nitrogens with zero attached hydrogens (tertiary/aromatic N) is 4. The van der Waals surface area contributed by atoms with Gasteiger partial charge in [0.25, 0.3) is 10.0 Å². The second-order valence-electron chi connectivity index (χ2n) is 8.08. The topological polar surface area (TPSA) is 83.1 Å². The number of thiazole rings is 1. The number of sulfonamides is 1. The van der Waals surface area contributed by atoms with Crippen molar-refractivity contribution in [3.05, 3.63) is 35.7 Å². The molecule has 0 N–H and O–H groups in total. The molecule has 4 heterocycles. The molecule has 11 heteroatoms. The molecule has 0 bridgehead atoms. The molecule has 1 atom stereocenters. The van der Waals surface area contributed by atoms with Gasteiger partial charge in [0.15, 0.2) is 5.13 Å². The van der Waals surface area contributed by atoms with Crippen molar-refractivity contribution in [3.8, 4) is 5.75 Å². The van der Waals surface area contributed by atoms with Crippen molar-refractivity contribution >= 4 is 54.0 Å². The number of anilines is 1. The maximum Gasteiger partial charge on any atom is 0.253 e. The van der Waals surface area contributed by atoms with Gasteiger partial charge in [-0.1, -0.05) is 17.4 Å². The first-order valence-electron chi connectivity index (χ1n) is 11.1. The Morgan fingerprint density at radius 3 is 2.73 bits per heavy atom. The lowest BCUT2D eigenvalue weighted by molar-refractivity contribution is -0.134. The average molecular weight is 507 g/mol. The van der Waals surface area contributed by atoms with Gasteiger partial charge in [0.2, 0.25) is 5.91 Å². The van der Waals surface area contributed by atoms with Gasteiger partial charge in [-0.2, -0.15) is 4.31 Å². The van der Waals surface area contributed by atoms with E-state index in [-0.39, 0.29) is 5.91 Å². The molecular weight excluding hydrogens is 480 g/mol. The standard InChI is InChI=1S/C22H26N4O4S3/c1-2-30-16-7-8-17-19(15-16)32-22(23-17)25-12-10-24(11-13-25)21(27)18-5-3-9-26(18)33(28,29)20-6-4-14-31-20/h4,6-8,14-15,18H,2-3,5,9-13H2,1H3/t18-/m1/s1. The summed E-state index contributed by atoms with van der Waals surface area (Å²) in [5.74, 6) is 0.757. The van der Waals surface area contributed by atoms with Crippen LogP contribution in [0.1, 0.15) is 19.8 Å². The summed E-state index contributed by atoms with van der Waals surface area (Å²) >= 11 is 2.82. The fourth-order valence-corrected chi connectivity index (χ4v) is 8.23. The molecule has 2 aliphatic heterocycles. The average Bonchev–Trinajstić information content (AvgIpc) is 3.59. The third-order valence-electron chi connectivity index (χ3n) is 6.07. The molecule has 1 amide bonds. The summed E-state index contributed by atoms with van der Waals surface area (Å²) in [7, 11) is -3.63. The quantitative estimate of drug-likeness (QED) is 0.510. The van der Waals surface area contributed by atoms with Crippen molar-refractivity contribution in [2.75, 3.05) is 44.2 Å². The summed E-state index contributed by atoms with van der Waals surface area (Å²) < 4.78 is 34.4. The number of hydrogen-bond donors (Lipinski definition) is 0. The van der Waals surface area contributed by atoms with E-state index >= 15 is 0 Å². The van der Waals surface area contributed by atoms with E-state index < -0.39 is 16.1 Å². The molecule has 3 aromatic rings. The summed E-state index contributed by atoms with van der Waals surface area (Å²) in [5.41, 5.74) is 0.942. The number of rotatable bonds is 6. The van der Waals surface area contributed by atoms with E-state index in [0.717, 1.165) is 21.1 Å². The first-order valence-corrected chi connectivity index (χ1v) is 14.2. The summed E-state index contributed by atoms with van der Waals surface area (Å²) in [6.45, 7) is 5.45. The molecule has 2 saturated heterocycles. The monoisotopic (exact) mass is 506 g/mol.